The maximum Gasteiger partial charge on any atom is 0.271 e. The van der Waals surface area contributed by atoms with Crippen LogP contribution in [0, 0.1) is 6.92 Å². The number of aromatic nitrogens is 3. The van der Waals surface area contributed by atoms with Crippen LogP contribution in [0.25, 0.3) is 22.3 Å². The van der Waals surface area contributed by atoms with E-state index in [1.807, 2.05) is 25.1 Å². The fourth-order valence-corrected chi connectivity index (χ4v) is 3.54. The number of nitrogens with zero attached hydrogens (tertiary/aromatic N) is 2. The molecule has 0 radical (unpaired) electrons. The molecule has 2 unspecified atom stereocenters. The first-order valence-electron chi connectivity index (χ1n) is 8.58. The minimum Gasteiger partial charge on any atom is -0.353 e. The largest absolute Gasteiger partial charge is 0.353 e. The third-order valence-corrected chi connectivity index (χ3v) is 4.90. The van der Waals surface area contributed by atoms with Crippen molar-refractivity contribution in [1.82, 2.24) is 20.3 Å². The van der Waals surface area contributed by atoms with Crippen LogP contribution in [0.5, 0.6) is 0 Å². The van der Waals surface area contributed by atoms with E-state index in [-0.39, 0.29) is 18.0 Å². The van der Waals surface area contributed by atoms with E-state index in [0.717, 1.165) is 41.4 Å². The number of nitrogens with one attached hydrogen (secondary N) is 2. The minimum absolute atomic E-state index is 0.128. The molecule has 1 fully saturated rings. The number of aromatic amines is 1. The van der Waals surface area contributed by atoms with Crippen molar-refractivity contribution in [3.63, 3.8) is 0 Å². The standard InChI is InChI=1S/C19H21N5O/c1-11-14-4-2-3-5-15(14)24-18(11)16-9-21-10-17(23-16)19(25)22-13-7-6-12(20)8-13/h2-5,9-10,12-13,24H,6-8,20H2,1H3,(H,22,25). The summed E-state index contributed by atoms with van der Waals surface area (Å²) in [6.07, 6.45) is 5.87. The van der Waals surface area contributed by atoms with Gasteiger partial charge in [-0.25, -0.2) is 4.98 Å². The van der Waals surface area contributed by atoms with Crippen LogP contribution in [0.15, 0.2) is 36.7 Å². The van der Waals surface area contributed by atoms with Gasteiger partial charge in [0, 0.05) is 23.0 Å². The van der Waals surface area contributed by atoms with Gasteiger partial charge in [0.05, 0.1) is 18.1 Å². The van der Waals surface area contributed by atoms with Crippen molar-refractivity contribution in [2.75, 3.05) is 0 Å². The van der Waals surface area contributed by atoms with Crippen LogP contribution in [0.4, 0.5) is 0 Å². The Hall–Kier alpha value is -2.73. The van der Waals surface area contributed by atoms with Gasteiger partial charge in [0.15, 0.2) is 0 Å². The third-order valence-electron chi connectivity index (χ3n) is 4.90. The number of carbonyl (C=O) groups is 1. The number of hydrogen-bond acceptors (Lipinski definition) is 4. The molecule has 1 aromatic carbocycles. The Kier molecular flexibility index (Phi) is 3.97. The molecular weight excluding hydrogens is 314 g/mol. The Balaban J connectivity index is 1.62. The van der Waals surface area contributed by atoms with Gasteiger partial charge in [0.1, 0.15) is 11.4 Å². The van der Waals surface area contributed by atoms with E-state index in [2.05, 4.69) is 26.3 Å². The Bertz CT molecular complexity index is 932. The average molecular weight is 335 g/mol. The highest BCUT2D eigenvalue weighted by molar-refractivity contribution is 5.93. The van der Waals surface area contributed by atoms with Crippen molar-refractivity contribution < 1.29 is 4.79 Å². The van der Waals surface area contributed by atoms with E-state index < -0.39 is 0 Å². The zero-order valence-corrected chi connectivity index (χ0v) is 14.1. The molecule has 1 aliphatic carbocycles. The molecule has 0 saturated heterocycles. The lowest BCUT2D eigenvalue weighted by atomic mass is 10.1. The monoisotopic (exact) mass is 335 g/mol. The molecule has 0 bridgehead atoms. The predicted molar refractivity (Wildman–Crippen MR) is 97.1 cm³/mol. The van der Waals surface area contributed by atoms with Crippen LogP contribution in [0.2, 0.25) is 0 Å². The summed E-state index contributed by atoms with van der Waals surface area (Å²) in [6, 6.07) is 8.40. The number of fused-ring (bicyclic) bond motifs is 1. The smallest absolute Gasteiger partial charge is 0.271 e. The fraction of sp³-hybridized carbons (Fsp3) is 0.316. The highest BCUT2D eigenvalue weighted by Gasteiger charge is 2.24. The highest BCUT2D eigenvalue weighted by Crippen LogP contribution is 2.28. The number of hydrogen-bond donors (Lipinski definition) is 3. The van der Waals surface area contributed by atoms with Crippen LogP contribution in [0.3, 0.4) is 0 Å². The molecule has 1 amide bonds. The van der Waals surface area contributed by atoms with Crippen molar-refractivity contribution in [2.45, 2.75) is 38.3 Å². The van der Waals surface area contributed by atoms with Gasteiger partial charge in [0.25, 0.3) is 5.91 Å². The van der Waals surface area contributed by atoms with Gasteiger partial charge >= 0.3 is 0 Å². The zero-order valence-electron chi connectivity index (χ0n) is 14.1. The number of carbonyl (C=O) groups excluding carboxylic acids is 1. The van der Waals surface area contributed by atoms with Crippen molar-refractivity contribution in [2.24, 2.45) is 5.73 Å². The Morgan fingerprint density at radius 3 is 2.88 bits per heavy atom. The molecule has 6 heteroatoms. The molecule has 6 nitrogen and oxygen atoms in total. The molecule has 2 atom stereocenters. The molecule has 0 spiro atoms. The Morgan fingerprint density at radius 1 is 1.28 bits per heavy atom. The zero-order chi connectivity index (χ0) is 17.4. The van der Waals surface area contributed by atoms with Gasteiger partial charge in [-0.05, 0) is 37.8 Å². The lowest BCUT2D eigenvalue weighted by Gasteiger charge is -2.12. The van der Waals surface area contributed by atoms with E-state index >= 15 is 0 Å². The maximum atomic E-state index is 12.5. The molecule has 4 N–H and O–H groups in total. The number of benzene rings is 1. The first-order chi connectivity index (χ1) is 12.1. The number of para-hydroxylation sites is 1. The highest BCUT2D eigenvalue weighted by atomic mass is 16.1. The number of amides is 1. The molecular formula is C19H21N5O. The number of rotatable bonds is 3. The Labute approximate surface area is 145 Å². The van der Waals surface area contributed by atoms with Gasteiger partial charge in [-0.1, -0.05) is 18.2 Å². The molecule has 25 heavy (non-hydrogen) atoms. The van der Waals surface area contributed by atoms with Crippen LogP contribution in [-0.4, -0.2) is 32.9 Å². The van der Waals surface area contributed by atoms with Crippen LogP contribution in [-0.2, 0) is 0 Å². The summed E-state index contributed by atoms with van der Waals surface area (Å²) in [7, 11) is 0. The predicted octanol–water partition coefficient (Wildman–Crippen LogP) is 2.54. The summed E-state index contributed by atoms with van der Waals surface area (Å²) in [4.78, 5) is 24.6. The summed E-state index contributed by atoms with van der Waals surface area (Å²) in [5.41, 5.74) is 9.95. The topological polar surface area (TPSA) is 96.7 Å². The average Bonchev–Trinajstić information content (AvgIpc) is 3.19. The van der Waals surface area contributed by atoms with Crippen LogP contribution in [0.1, 0.15) is 35.3 Å². The van der Waals surface area contributed by atoms with E-state index in [4.69, 9.17) is 5.73 Å². The van der Waals surface area contributed by atoms with Crippen LogP contribution < -0.4 is 11.1 Å². The second-order valence-electron chi connectivity index (χ2n) is 6.70. The molecule has 3 aromatic rings. The molecule has 2 aromatic heterocycles. The Morgan fingerprint density at radius 2 is 2.12 bits per heavy atom. The number of nitrogens with two attached hydrogens (primary N) is 1. The van der Waals surface area contributed by atoms with E-state index in [9.17, 15) is 4.79 Å². The van der Waals surface area contributed by atoms with E-state index in [1.54, 1.807) is 6.20 Å². The summed E-state index contributed by atoms with van der Waals surface area (Å²) < 4.78 is 0. The molecule has 0 aliphatic heterocycles. The lowest BCUT2D eigenvalue weighted by Crippen LogP contribution is -2.34. The second kappa shape index (κ2) is 6.29. The van der Waals surface area contributed by atoms with Crippen LogP contribution >= 0.6 is 0 Å². The SMILES string of the molecule is Cc1c(-c2cncc(C(=O)NC3CCC(N)C3)n2)[nH]c2ccccc12. The number of H-pyrrole nitrogens is 1. The first kappa shape index (κ1) is 15.8. The summed E-state index contributed by atoms with van der Waals surface area (Å²) in [5.74, 6) is -0.192. The summed E-state index contributed by atoms with van der Waals surface area (Å²) in [5, 5.41) is 4.16. The van der Waals surface area contributed by atoms with Gasteiger partial charge in [-0.3, -0.25) is 9.78 Å². The normalized spacial score (nSPS) is 20.1. The molecule has 128 valence electrons. The van der Waals surface area contributed by atoms with E-state index in [0.29, 0.717) is 11.4 Å². The van der Waals surface area contributed by atoms with Crippen molar-refractivity contribution in [3.8, 4) is 11.4 Å². The van der Waals surface area contributed by atoms with Crippen molar-refractivity contribution in [1.29, 1.82) is 0 Å². The van der Waals surface area contributed by atoms with Gasteiger partial charge in [0.2, 0.25) is 0 Å². The lowest BCUT2D eigenvalue weighted by molar-refractivity contribution is 0.0932. The second-order valence-corrected chi connectivity index (χ2v) is 6.70. The minimum atomic E-state index is -0.192. The first-order valence-corrected chi connectivity index (χ1v) is 8.58. The van der Waals surface area contributed by atoms with Crippen molar-refractivity contribution >= 4 is 16.8 Å². The van der Waals surface area contributed by atoms with Gasteiger partial charge < -0.3 is 16.0 Å². The molecule has 4 rings (SSSR count). The van der Waals surface area contributed by atoms with Crippen molar-refractivity contribution in [3.05, 3.63) is 47.9 Å². The maximum absolute atomic E-state index is 12.5. The van der Waals surface area contributed by atoms with Gasteiger partial charge in [-0.2, -0.15) is 0 Å². The molecule has 1 aliphatic rings. The fourth-order valence-electron chi connectivity index (χ4n) is 3.54. The third kappa shape index (κ3) is 3.00. The van der Waals surface area contributed by atoms with Gasteiger partial charge in [-0.15, -0.1) is 0 Å². The summed E-state index contributed by atoms with van der Waals surface area (Å²) >= 11 is 0. The van der Waals surface area contributed by atoms with E-state index in [1.165, 1.54) is 6.20 Å². The summed E-state index contributed by atoms with van der Waals surface area (Å²) in [6.45, 7) is 2.04. The molecule has 2 heterocycles. The molecule has 1 saturated carbocycles. The number of aryl methyl sites for hydroxylation is 1. The quantitative estimate of drug-likeness (QED) is 0.685.